The lowest BCUT2D eigenvalue weighted by molar-refractivity contribution is -0.130. The largest absolute Gasteiger partial charge is 0.481 e. The smallest absolute Gasteiger partial charge is 0.228 e. The van der Waals surface area contributed by atoms with E-state index in [0.29, 0.717) is 30.4 Å². The molecule has 23 heavy (non-hydrogen) atoms. The van der Waals surface area contributed by atoms with Gasteiger partial charge in [-0.3, -0.25) is 4.79 Å². The highest BCUT2D eigenvalue weighted by Gasteiger charge is 2.23. The van der Waals surface area contributed by atoms with Gasteiger partial charge in [0.1, 0.15) is 11.4 Å². The number of amides is 1. The molecule has 0 atom stereocenters. The number of aromatic nitrogens is 3. The van der Waals surface area contributed by atoms with Gasteiger partial charge in [-0.05, 0) is 13.0 Å². The standard InChI is InChI=1S/C15H19N5O3/c1-11-13(18-23-17-11)9-15(21)20-7-5-19(6-8-20)12-3-4-14(22-2)16-10-12/h3-4,10H,5-9H2,1-2H3. The van der Waals surface area contributed by atoms with Crippen LogP contribution < -0.4 is 9.64 Å². The van der Waals surface area contributed by atoms with Crippen molar-refractivity contribution in [3.63, 3.8) is 0 Å². The zero-order chi connectivity index (χ0) is 16.2. The second-order valence-electron chi connectivity index (χ2n) is 5.40. The number of carbonyl (C=O) groups excluding carboxylic acids is 1. The lowest BCUT2D eigenvalue weighted by atomic mass is 10.2. The quantitative estimate of drug-likeness (QED) is 0.819. The van der Waals surface area contributed by atoms with Gasteiger partial charge in [-0.25, -0.2) is 9.61 Å². The van der Waals surface area contributed by atoms with Crippen LogP contribution in [0, 0.1) is 6.92 Å². The Kier molecular flexibility index (Phi) is 4.40. The molecule has 3 rings (SSSR count). The minimum atomic E-state index is 0.0521. The predicted octanol–water partition coefficient (Wildman–Crippen LogP) is 0.673. The zero-order valence-electron chi connectivity index (χ0n) is 13.2. The summed E-state index contributed by atoms with van der Waals surface area (Å²) < 4.78 is 9.69. The first-order chi connectivity index (χ1) is 11.2. The van der Waals surface area contributed by atoms with E-state index in [2.05, 4.69) is 24.8 Å². The third-order valence-corrected chi connectivity index (χ3v) is 3.99. The Balaban J connectivity index is 1.55. The highest BCUT2D eigenvalue weighted by atomic mass is 16.6. The fraction of sp³-hybridized carbons (Fsp3) is 0.467. The van der Waals surface area contributed by atoms with Crippen LogP contribution in [0.25, 0.3) is 0 Å². The molecule has 122 valence electrons. The van der Waals surface area contributed by atoms with E-state index in [1.165, 1.54) is 0 Å². The summed E-state index contributed by atoms with van der Waals surface area (Å²) in [5.41, 5.74) is 2.31. The Labute approximate surface area is 134 Å². The van der Waals surface area contributed by atoms with Gasteiger partial charge < -0.3 is 14.5 Å². The summed E-state index contributed by atoms with van der Waals surface area (Å²) >= 11 is 0. The number of anilines is 1. The molecule has 0 bridgehead atoms. The summed E-state index contributed by atoms with van der Waals surface area (Å²) in [7, 11) is 1.60. The predicted molar refractivity (Wildman–Crippen MR) is 82.3 cm³/mol. The molecule has 1 saturated heterocycles. The lowest BCUT2D eigenvalue weighted by Crippen LogP contribution is -2.49. The van der Waals surface area contributed by atoms with Crippen molar-refractivity contribution in [1.82, 2.24) is 20.2 Å². The first-order valence-electron chi connectivity index (χ1n) is 7.48. The third-order valence-electron chi connectivity index (χ3n) is 3.99. The number of ether oxygens (including phenoxy) is 1. The molecule has 1 amide bonds. The van der Waals surface area contributed by atoms with Gasteiger partial charge >= 0.3 is 0 Å². The number of aryl methyl sites for hydroxylation is 1. The van der Waals surface area contributed by atoms with E-state index in [-0.39, 0.29) is 12.3 Å². The second kappa shape index (κ2) is 6.64. The molecule has 0 N–H and O–H groups in total. The van der Waals surface area contributed by atoms with Gasteiger partial charge in [0.05, 0.1) is 25.4 Å². The van der Waals surface area contributed by atoms with Crippen LogP contribution in [0.3, 0.4) is 0 Å². The van der Waals surface area contributed by atoms with Crippen LogP contribution >= 0.6 is 0 Å². The molecule has 3 heterocycles. The molecule has 0 spiro atoms. The summed E-state index contributed by atoms with van der Waals surface area (Å²) in [6.07, 6.45) is 2.03. The highest BCUT2D eigenvalue weighted by Crippen LogP contribution is 2.18. The van der Waals surface area contributed by atoms with E-state index in [9.17, 15) is 4.79 Å². The van der Waals surface area contributed by atoms with Crippen LogP contribution in [0.1, 0.15) is 11.4 Å². The molecule has 0 unspecified atom stereocenters. The first kappa shape index (κ1) is 15.3. The number of hydrogen-bond acceptors (Lipinski definition) is 7. The van der Waals surface area contributed by atoms with Gasteiger partial charge in [0.15, 0.2) is 0 Å². The van der Waals surface area contributed by atoms with Crippen molar-refractivity contribution in [3.05, 3.63) is 29.7 Å². The molecule has 0 saturated carbocycles. The third kappa shape index (κ3) is 3.41. The van der Waals surface area contributed by atoms with E-state index >= 15 is 0 Å². The Hall–Kier alpha value is -2.64. The molecular formula is C15H19N5O3. The fourth-order valence-corrected chi connectivity index (χ4v) is 2.56. The van der Waals surface area contributed by atoms with Gasteiger partial charge in [0.25, 0.3) is 0 Å². The summed E-state index contributed by atoms with van der Waals surface area (Å²) in [5, 5.41) is 7.46. The summed E-state index contributed by atoms with van der Waals surface area (Å²) in [6.45, 7) is 4.68. The van der Waals surface area contributed by atoms with Crippen molar-refractivity contribution in [2.45, 2.75) is 13.3 Å². The number of piperazine rings is 1. The summed E-state index contributed by atoms with van der Waals surface area (Å²) in [4.78, 5) is 20.6. The molecule has 8 nitrogen and oxygen atoms in total. The molecule has 2 aromatic rings. The fourth-order valence-electron chi connectivity index (χ4n) is 2.56. The number of carbonyl (C=O) groups is 1. The molecule has 0 aliphatic carbocycles. The summed E-state index contributed by atoms with van der Waals surface area (Å²) in [5.74, 6) is 0.649. The zero-order valence-corrected chi connectivity index (χ0v) is 13.2. The average molecular weight is 317 g/mol. The van der Waals surface area contributed by atoms with Crippen LogP contribution in [-0.2, 0) is 11.2 Å². The maximum atomic E-state index is 12.3. The SMILES string of the molecule is COc1ccc(N2CCN(C(=O)Cc3nonc3C)CC2)cn1. The Morgan fingerprint density at radius 1 is 1.26 bits per heavy atom. The normalized spacial score (nSPS) is 14.9. The Morgan fingerprint density at radius 2 is 2.04 bits per heavy atom. The number of hydrogen-bond donors (Lipinski definition) is 0. The second-order valence-corrected chi connectivity index (χ2v) is 5.40. The van der Waals surface area contributed by atoms with E-state index < -0.39 is 0 Å². The van der Waals surface area contributed by atoms with Gasteiger partial charge in [0.2, 0.25) is 11.8 Å². The molecule has 2 aromatic heterocycles. The van der Waals surface area contributed by atoms with E-state index in [1.54, 1.807) is 20.2 Å². The average Bonchev–Trinajstić information content (AvgIpc) is 3.00. The van der Waals surface area contributed by atoms with Gasteiger partial charge in [-0.2, -0.15) is 0 Å². The van der Waals surface area contributed by atoms with Gasteiger partial charge in [0, 0.05) is 32.2 Å². The molecular weight excluding hydrogens is 298 g/mol. The van der Waals surface area contributed by atoms with Crippen molar-refractivity contribution in [2.75, 3.05) is 38.2 Å². The van der Waals surface area contributed by atoms with E-state index in [4.69, 9.17) is 4.74 Å². The van der Waals surface area contributed by atoms with Crippen molar-refractivity contribution in [3.8, 4) is 5.88 Å². The highest BCUT2D eigenvalue weighted by molar-refractivity contribution is 5.78. The number of methoxy groups -OCH3 is 1. The van der Waals surface area contributed by atoms with Gasteiger partial charge in [-0.15, -0.1) is 0 Å². The van der Waals surface area contributed by atoms with Crippen LogP contribution in [0.5, 0.6) is 5.88 Å². The van der Waals surface area contributed by atoms with Crippen LogP contribution in [0.4, 0.5) is 5.69 Å². The topological polar surface area (TPSA) is 84.6 Å². The maximum absolute atomic E-state index is 12.3. The molecule has 0 aromatic carbocycles. The minimum Gasteiger partial charge on any atom is -0.481 e. The van der Waals surface area contributed by atoms with Gasteiger partial charge in [-0.1, -0.05) is 10.3 Å². The monoisotopic (exact) mass is 317 g/mol. The Bertz CT molecular complexity index is 662. The summed E-state index contributed by atoms with van der Waals surface area (Å²) in [6, 6.07) is 3.82. The molecule has 1 aliphatic heterocycles. The van der Waals surface area contributed by atoms with Crippen LogP contribution in [-0.4, -0.2) is 59.4 Å². The van der Waals surface area contributed by atoms with E-state index in [1.807, 2.05) is 17.0 Å². The lowest BCUT2D eigenvalue weighted by Gasteiger charge is -2.35. The molecule has 1 fully saturated rings. The minimum absolute atomic E-state index is 0.0521. The number of nitrogens with zero attached hydrogens (tertiary/aromatic N) is 5. The number of pyridine rings is 1. The van der Waals surface area contributed by atoms with E-state index in [0.717, 1.165) is 18.8 Å². The molecule has 8 heteroatoms. The van der Waals surface area contributed by atoms with Crippen LogP contribution in [0.2, 0.25) is 0 Å². The molecule has 1 aliphatic rings. The van der Waals surface area contributed by atoms with Crippen LogP contribution in [0.15, 0.2) is 23.0 Å². The first-order valence-corrected chi connectivity index (χ1v) is 7.48. The Morgan fingerprint density at radius 3 is 2.61 bits per heavy atom. The maximum Gasteiger partial charge on any atom is 0.228 e. The van der Waals surface area contributed by atoms with Crippen molar-refractivity contribution in [2.24, 2.45) is 0 Å². The molecule has 0 radical (unpaired) electrons. The van der Waals surface area contributed by atoms with Crippen molar-refractivity contribution >= 4 is 11.6 Å². The van der Waals surface area contributed by atoms with Crippen molar-refractivity contribution in [1.29, 1.82) is 0 Å². The number of rotatable bonds is 4. The van der Waals surface area contributed by atoms with Crippen molar-refractivity contribution < 1.29 is 14.2 Å².